The largest absolute Gasteiger partial charge is 0.322 e. The smallest absolute Gasteiger partial charge is 0.257 e. The number of nitrogens with one attached hydrogen (secondary N) is 1. The van der Waals surface area contributed by atoms with E-state index < -0.39 is 10.0 Å². The first-order valence-electron chi connectivity index (χ1n) is 7.65. The molecule has 0 atom stereocenters. The molecule has 0 radical (unpaired) electrons. The topological polar surface area (TPSA) is 66.5 Å². The van der Waals surface area contributed by atoms with Crippen LogP contribution in [0.15, 0.2) is 48.5 Å². The van der Waals surface area contributed by atoms with E-state index in [0.29, 0.717) is 11.3 Å². The van der Waals surface area contributed by atoms with Gasteiger partial charge in [0.25, 0.3) is 5.91 Å². The zero-order valence-electron chi connectivity index (χ0n) is 14.3. The fourth-order valence-electron chi connectivity index (χ4n) is 2.42. The molecule has 1 N–H and O–H groups in total. The molecule has 2 aromatic carbocycles. The lowest BCUT2D eigenvalue weighted by atomic mass is 10.0. The average molecular weight is 346 g/mol. The Bertz CT molecular complexity index is 845. The van der Waals surface area contributed by atoms with Crippen LogP contribution in [-0.2, 0) is 10.0 Å². The van der Waals surface area contributed by atoms with Gasteiger partial charge in [-0.3, -0.25) is 9.10 Å². The van der Waals surface area contributed by atoms with Crippen molar-refractivity contribution in [1.82, 2.24) is 0 Å². The van der Waals surface area contributed by atoms with E-state index in [4.69, 9.17) is 0 Å². The Kier molecular flexibility index (Phi) is 5.29. The molecule has 0 aliphatic rings. The van der Waals surface area contributed by atoms with E-state index in [1.54, 1.807) is 24.3 Å². The number of hydrogen-bond donors (Lipinski definition) is 1. The third kappa shape index (κ3) is 3.94. The number of carbonyl (C=O) groups excluding carboxylic acids is 1. The number of sulfonamides is 1. The minimum absolute atomic E-state index is 0.260. The molecule has 128 valence electrons. The molecule has 0 unspecified atom stereocenters. The van der Waals surface area contributed by atoms with Gasteiger partial charge in [-0.25, -0.2) is 8.42 Å². The second kappa shape index (κ2) is 7.05. The number of amides is 1. The number of rotatable bonds is 5. The highest BCUT2D eigenvalue weighted by molar-refractivity contribution is 7.92. The number of hydrogen-bond acceptors (Lipinski definition) is 3. The molecule has 0 saturated heterocycles. The van der Waals surface area contributed by atoms with E-state index in [2.05, 4.69) is 19.2 Å². The molecule has 0 aromatic heterocycles. The summed E-state index contributed by atoms with van der Waals surface area (Å²) in [6.45, 7) is 4.10. The number of para-hydroxylation sites is 2. The first-order valence-corrected chi connectivity index (χ1v) is 9.50. The molecular formula is C18H22N2O3S. The standard InChI is InChI=1S/C18H22N2O3S/c1-13(2)14-9-5-7-11-16(14)19-18(21)15-10-6-8-12-17(15)20(3)24(4,22)23/h5-13H,1-4H3,(H,19,21). The maximum Gasteiger partial charge on any atom is 0.257 e. The first-order chi connectivity index (χ1) is 11.2. The van der Waals surface area contributed by atoms with Gasteiger partial charge < -0.3 is 5.32 Å². The Labute approximate surface area is 143 Å². The van der Waals surface area contributed by atoms with E-state index in [9.17, 15) is 13.2 Å². The van der Waals surface area contributed by atoms with Crippen molar-refractivity contribution in [2.45, 2.75) is 19.8 Å². The van der Waals surface area contributed by atoms with Gasteiger partial charge in [0.2, 0.25) is 10.0 Å². The molecule has 2 aromatic rings. The van der Waals surface area contributed by atoms with Crippen molar-refractivity contribution in [3.05, 3.63) is 59.7 Å². The van der Waals surface area contributed by atoms with Crippen LogP contribution in [-0.4, -0.2) is 27.6 Å². The number of nitrogens with zero attached hydrogens (tertiary/aromatic N) is 1. The Morgan fingerprint density at radius 1 is 1.04 bits per heavy atom. The lowest BCUT2D eigenvalue weighted by Crippen LogP contribution is -2.27. The fraction of sp³-hybridized carbons (Fsp3) is 0.278. The van der Waals surface area contributed by atoms with Crippen LogP contribution >= 0.6 is 0 Å². The van der Waals surface area contributed by atoms with E-state index in [1.807, 2.05) is 24.3 Å². The van der Waals surface area contributed by atoms with Crippen molar-refractivity contribution in [2.24, 2.45) is 0 Å². The predicted molar refractivity (Wildman–Crippen MR) is 98.2 cm³/mol. The molecule has 1 amide bonds. The van der Waals surface area contributed by atoms with E-state index in [1.165, 1.54) is 7.05 Å². The Balaban J connectivity index is 2.39. The van der Waals surface area contributed by atoms with Crippen molar-refractivity contribution < 1.29 is 13.2 Å². The van der Waals surface area contributed by atoms with Crippen LogP contribution in [0, 0.1) is 0 Å². The van der Waals surface area contributed by atoms with Gasteiger partial charge in [0.15, 0.2) is 0 Å². The van der Waals surface area contributed by atoms with Crippen LogP contribution in [0.2, 0.25) is 0 Å². The minimum atomic E-state index is -3.45. The molecule has 0 fully saturated rings. The van der Waals surface area contributed by atoms with Crippen LogP contribution < -0.4 is 9.62 Å². The van der Waals surface area contributed by atoms with Gasteiger partial charge >= 0.3 is 0 Å². The Morgan fingerprint density at radius 2 is 1.62 bits per heavy atom. The fourth-order valence-corrected chi connectivity index (χ4v) is 2.94. The molecule has 0 aliphatic carbocycles. The normalized spacial score (nSPS) is 11.4. The molecule has 6 heteroatoms. The summed E-state index contributed by atoms with van der Waals surface area (Å²) in [5, 5.41) is 2.89. The van der Waals surface area contributed by atoms with Gasteiger partial charge in [-0.1, -0.05) is 44.2 Å². The molecule has 0 heterocycles. The second-order valence-corrected chi connectivity index (χ2v) is 7.96. The maximum absolute atomic E-state index is 12.7. The van der Waals surface area contributed by atoms with Gasteiger partial charge in [-0.15, -0.1) is 0 Å². The van der Waals surface area contributed by atoms with Crippen LogP contribution in [0.3, 0.4) is 0 Å². The highest BCUT2D eigenvalue weighted by Crippen LogP contribution is 2.26. The van der Waals surface area contributed by atoms with Crippen molar-refractivity contribution in [2.75, 3.05) is 22.9 Å². The number of benzene rings is 2. The lowest BCUT2D eigenvalue weighted by Gasteiger charge is -2.20. The van der Waals surface area contributed by atoms with E-state index in [0.717, 1.165) is 21.8 Å². The van der Waals surface area contributed by atoms with Crippen LogP contribution in [0.1, 0.15) is 35.7 Å². The summed E-state index contributed by atoms with van der Waals surface area (Å²) in [5.41, 5.74) is 2.41. The molecule has 24 heavy (non-hydrogen) atoms. The van der Waals surface area contributed by atoms with Gasteiger partial charge in [-0.05, 0) is 29.7 Å². The highest BCUT2D eigenvalue weighted by atomic mass is 32.2. The molecule has 2 rings (SSSR count). The van der Waals surface area contributed by atoms with Gasteiger partial charge in [0.05, 0.1) is 17.5 Å². The van der Waals surface area contributed by atoms with Gasteiger partial charge in [-0.2, -0.15) is 0 Å². The minimum Gasteiger partial charge on any atom is -0.322 e. The molecular weight excluding hydrogens is 324 g/mol. The maximum atomic E-state index is 12.7. The molecule has 0 bridgehead atoms. The summed E-state index contributed by atoms with van der Waals surface area (Å²) in [7, 11) is -2.02. The number of carbonyl (C=O) groups is 1. The molecule has 5 nitrogen and oxygen atoms in total. The summed E-state index contributed by atoms with van der Waals surface area (Å²) in [6, 6.07) is 14.2. The lowest BCUT2D eigenvalue weighted by molar-refractivity contribution is 0.102. The van der Waals surface area contributed by atoms with Gasteiger partial charge in [0, 0.05) is 12.7 Å². The average Bonchev–Trinajstić information content (AvgIpc) is 2.53. The zero-order chi connectivity index (χ0) is 17.9. The second-order valence-electron chi connectivity index (χ2n) is 5.94. The van der Waals surface area contributed by atoms with Crippen molar-refractivity contribution in [3.63, 3.8) is 0 Å². The Morgan fingerprint density at radius 3 is 2.25 bits per heavy atom. The van der Waals surface area contributed by atoms with Crippen molar-refractivity contribution >= 4 is 27.3 Å². The molecule has 0 spiro atoms. The van der Waals surface area contributed by atoms with Crippen molar-refractivity contribution in [1.29, 1.82) is 0 Å². The van der Waals surface area contributed by atoms with Crippen LogP contribution in [0.4, 0.5) is 11.4 Å². The summed E-state index contributed by atoms with van der Waals surface area (Å²) in [4.78, 5) is 12.7. The SMILES string of the molecule is CC(C)c1ccccc1NC(=O)c1ccccc1N(C)S(C)(=O)=O. The van der Waals surface area contributed by atoms with E-state index >= 15 is 0 Å². The summed E-state index contributed by atoms with van der Waals surface area (Å²) in [6.07, 6.45) is 1.11. The summed E-state index contributed by atoms with van der Waals surface area (Å²) >= 11 is 0. The van der Waals surface area contributed by atoms with Crippen LogP contribution in [0.25, 0.3) is 0 Å². The summed E-state index contributed by atoms with van der Waals surface area (Å²) < 4.78 is 24.7. The number of anilines is 2. The Hall–Kier alpha value is -2.34. The van der Waals surface area contributed by atoms with E-state index in [-0.39, 0.29) is 11.8 Å². The zero-order valence-corrected chi connectivity index (χ0v) is 15.1. The summed E-state index contributed by atoms with van der Waals surface area (Å²) in [5.74, 6) is -0.0790. The first kappa shape index (κ1) is 18.0. The monoisotopic (exact) mass is 346 g/mol. The van der Waals surface area contributed by atoms with Crippen molar-refractivity contribution in [3.8, 4) is 0 Å². The molecule has 0 aliphatic heterocycles. The highest BCUT2D eigenvalue weighted by Gasteiger charge is 2.20. The quantitative estimate of drug-likeness (QED) is 0.901. The third-order valence-corrected chi connectivity index (χ3v) is 5.01. The van der Waals surface area contributed by atoms with Crippen LogP contribution in [0.5, 0.6) is 0 Å². The predicted octanol–water partition coefficient (Wildman–Crippen LogP) is 3.46. The third-order valence-electron chi connectivity index (χ3n) is 3.82. The van der Waals surface area contributed by atoms with Gasteiger partial charge in [0.1, 0.15) is 0 Å². The molecule has 0 saturated carbocycles.